The van der Waals surface area contributed by atoms with E-state index in [1.165, 1.54) is 5.56 Å². The van der Waals surface area contributed by atoms with Crippen LogP contribution in [0.1, 0.15) is 11.1 Å². The summed E-state index contributed by atoms with van der Waals surface area (Å²) in [6, 6.07) is 18.7. The van der Waals surface area contributed by atoms with Crippen molar-refractivity contribution in [2.45, 2.75) is 19.0 Å². The molecule has 24 heavy (non-hydrogen) atoms. The van der Waals surface area contributed by atoms with Gasteiger partial charge in [0.15, 0.2) is 0 Å². The van der Waals surface area contributed by atoms with Gasteiger partial charge in [-0.2, -0.15) is 0 Å². The predicted octanol–water partition coefficient (Wildman–Crippen LogP) is 3.23. The van der Waals surface area contributed by atoms with Gasteiger partial charge in [-0.05, 0) is 23.3 Å². The Labute approximate surface area is 147 Å². The number of carbonyl (C=O) groups excluding carboxylic acids is 1. The lowest BCUT2D eigenvalue weighted by atomic mass is 9.91. The van der Waals surface area contributed by atoms with Crippen molar-refractivity contribution in [2.75, 3.05) is 19.6 Å². The van der Waals surface area contributed by atoms with Gasteiger partial charge < -0.3 is 4.90 Å². The van der Waals surface area contributed by atoms with Crippen LogP contribution >= 0.6 is 11.6 Å². The highest BCUT2D eigenvalue weighted by atomic mass is 35.5. The molecule has 2 aromatic rings. The van der Waals surface area contributed by atoms with Crippen LogP contribution in [0.4, 0.5) is 0 Å². The lowest BCUT2D eigenvalue weighted by Gasteiger charge is -2.43. The van der Waals surface area contributed by atoms with Crippen molar-refractivity contribution >= 4 is 17.5 Å². The minimum absolute atomic E-state index is 0.228. The number of halogens is 1. The summed E-state index contributed by atoms with van der Waals surface area (Å²) in [5.41, 5.74) is 2.38. The van der Waals surface area contributed by atoms with Crippen LogP contribution in [0.3, 0.4) is 0 Å². The molecule has 2 aliphatic rings. The SMILES string of the molecule is O=C(Cc1ccc(Cl)cc1)N1C[C@H]2CN(Cc3ccccc3)[C@@H]2C1. The monoisotopic (exact) mass is 340 g/mol. The zero-order valence-corrected chi connectivity index (χ0v) is 14.3. The number of fused-ring (bicyclic) bond motifs is 1. The molecule has 2 atom stereocenters. The number of hydrogen-bond acceptors (Lipinski definition) is 2. The van der Waals surface area contributed by atoms with Crippen LogP contribution in [-0.4, -0.2) is 41.4 Å². The number of carbonyl (C=O) groups is 1. The van der Waals surface area contributed by atoms with Crippen molar-refractivity contribution in [2.24, 2.45) is 5.92 Å². The van der Waals surface area contributed by atoms with Crippen LogP contribution in [0.15, 0.2) is 54.6 Å². The normalized spacial score (nSPS) is 23.0. The van der Waals surface area contributed by atoms with E-state index in [1.807, 2.05) is 29.2 Å². The summed E-state index contributed by atoms with van der Waals surface area (Å²) in [6.45, 7) is 3.86. The van der Waals surface area contributed by atoms with E-state index in [0.717, 1.165) is 31.7 Å². The number of amides is 1. The number of hydrogen-bond donors (Lipinski definition) is 0. The molecule has 2 saturated heterocycles. The first-order valence-corrected chi connectivity index (χ1v) is 8.87. The fraction of sp³-hybridized carbons (Fsp3) is 0.350. The Morgan fingerprint density at radius 1 is 0.958 bits per heavy atom. The molecule has 1 amide bonds. The third-order valence-electron chi connectivity index (χ3n) is 5.19. The van der Waals surface area contributed by atoms with Gasteiger partial charge in [0.25, 0.3) is 0 Å². The average molecular weight is 341 g/mol. The second-order valence-electron chi connectivity index (χ2n) is 6.84. The van der Waals surface area contributed by atoms with E-state index in [9.17, 15) is 4.79 Å². The molecule has 0 bridgehead atoms. The highest BCUT2D eigenvalue weighted by molar-refractivity contribution is 6.30. The van der Waals surface area contributed by atoms with Crippen LogP contribution in [0.5, 0.6) is 0 Å². The summed E-state index contributed by atoms with van der Waals surface area (Å²) >= 11 is 5.90. The molecular formula is C20H21ClN2O. The number of nitrogens with zero attached hydrogens (tertiary/aromatic N) is 2. The Morgan fingerprint density at radius 2 is 1.71 bits per heavy atom. The van der Waals surface area contributed by atoms with Crippen molar-refractivity contribution < 1.29 is 4.79 Å². The molecule has 0 aliphatic carbocycles. The van der Waals surface area contributed by atoms with Crippen molar-refractivity contribution in [3.63, 3.8) is 0 Å². The Bertz CT molecular complexity index is 716. The molecule has 0 N–H and O–H groups in total. The minimum atomic E-state index is 0.228. The standard InChI is InChI=1S/C20H21ClN2O/c21-18-8-6-15(7-9-18)10-20(24)23-13-17-12-22(19(17)14-23)11-16-4-2-1-3-5-16/h1-9,17,19H,10-14H2/t17-,19-/m1/s1. The molecular weight excluding hydrogens is 320 g/mol. The van der Waals surface area contributed by atoms with E-state index in [2.05, 4.69) is 35.2 Å². The Kier molecular flexibility index (Phi) is 4.30. The summed E-state index contributed by atoms with van der Waals surface area (Å²) in [5.74, 6) is 0.870. The fourth-order valence-electron chi connectivity index (χ4n) is 3.84. The van der Waals surface area contributed by atoms with Crippen molar-refractivity contribution in [1.82, 2.24) is 9.80 Å². The molecule has 124 valence electrons. The van der Waals surface area contributed by atoms with Gasteiger partial charge >= 0.3 is 0 Å². The maximum absolute atomic E-state index is 12.6. The second-order valence-corrected chi connectivity index (χ2v) is 7.28. The smallest absolute Gasteiger partial charge is 0.227 e. The first-order valence-electron chi connectivity index (χ1n) is 8.49. The topological polar surface area (TPSA) is 23.6 Å². The highest BCUT2D eigenvalue weighted by Gasteiger charge is 2.46. The quantitative estimate of drug-likeness (QED) is 0.853. The van der Waals surface area contributed by atoms with Gasteiger partial charge in [-0.15, -0.1) is 0 Å². The number of rotatable bonds is 4. The number of likely N-dealkylation sites (tertiary alicyclic amines) is 2. The summed E-state index contributed by atoms with van der Waals surface area (Å²) in [5, 5.41) is 0.710. The van der Waals surface area contributed by atoms with Gasteiger partial charge in [-0.25, -0.2) is 0 Å². The van der Waals surface area contributed by atoms with E-state index in [0.29, 0.717) is 23.4 Å². The lowest BCUT2D eigenvalue weighted by molar-refractivity contribution is -0.129. The molecule has 0 saturated carbocycles. The summed E-state index contributed by atoms with van der Waals surface area (Å²) in [4.78, 5) is 17.1. The molecule has 0 aromatic heterocycles. The van der Waals surface area contributed by atoms with Crippen molar-refractivity contribution in [1.29, 1.82) is 0 Å². The van der Waals surface area contributed by atoms with Crippen LogP contribution < -0.4 is 0 Å². The molecule has 2 heterocycles. The first kappa shape index (κ1) is 15.7. The Balaban J connectivity index is 1.33. The molecule has 0 unspecified atom stereocenters. The van der Waals surface area contributed by atoms with E-state index >= 15 is 0 Å². The van der Waals surface area contributed by atoms with Gasteiger partial charge in [0, 0.05) is 43.2 Å². The summed E-state index contributed by atoms with van der Waals surface area (Å²) in [6.07, 6.45) is 0.468. The largest absolute Gasteiger partial charge is 0.340 e. The van der Waals surface area contributed by atoms with Gasteiger partial charge in [-0.3, -0.25) is 9.69 Å². The third-order valence-corrected chi connectivity index (χ3v) is 5.45. The highest BCUT2D eigenvalue weighted by Crippen LogP contribution is 2.33. The van der Waals surface area contributed by atoms with E-state index in [1.54, 1.807) is 0 Å². The molecule has 2 fully saturated rings. The molecule has 3 nitrogen and oxygen atoms in total. The van der Waals surface area contributed by atoms with Crippen LogP contribution in [0.2, 0.25) is 5.02 Å². The molecule has 2 aliphatic heterocycles. The van der Waals surface area contributed by atoms with Gasteiger partial charge in [0.05, 0.1) is 6.42 Å². The van der Waals surface area contributed by atoms with Crippen LogP contribution in [-0.2, 0) is 17.8 Å². The van der Waals surface area contributed by atoms with E-state index < -0.39 is 0 Å². The van der Waals surface area contributed by atoms with Gasteiger partial charge in [-0.1, -0.05) is 54.1 Å². The number of benzene rings is 2. The maximum Gasteiger partial charge on any atom is 0.227 e. The lowest BCUT2D eigenvalue weighted by Crippen LogP contribution is -2.54. The minimum Gasteiger partial charge on any atom is -0.340 e. The molecule has 2 aromatic carbocycles. The first-order chi connectivity index (χ1) is 11.7. The predicted molar refractivity (Wildman–Crippen MR) is 95.9 cm³/mol. The zero-order valence-electron chi connectivity index (χ0n) is 13.6. The zero-order chi connectivity index (χ0) is 16.5. The van der Waals surface area contributed by atoms with Gasteiger partial charge in [0.2, 0.25) is 5.91 Å². The molecule has 4 rings (SSSR count). The fourth-order valence-corrected chi connectivity index (χ4v) is 3.96. The Morgan fingerprint density at radius 3 is 2.46 bits per heavy atom. The van der Waals surface area contributed by atoms with Crippen LogP contribution in [0.25, 0.3) is 0 Å². The van der Waals surface area contributed by atoms with Crippen molar-refractivity contribution in [3.05, 3.63) is 70.7 Å². The van der Waals surface area contributed by atoms with Gasteiger partial charge in [0.1, 0.15) is 0 Å². The Hall–Kier alpha value is -1.84. The average Bonchev–Trinajstić information content (AvgIpc) is 2.93. The molecule has 0 radical (unpaired) electrons. The second kappa shape index (κ2) is 6.58. The van der Waals surface area contributed by atoms with Crippen LogP contribution in [0, 0.1) is 5.92 Å². The third kappa shape index (κ3) is 3.19. The summed E-state index contributed by atoms with van der Waals surface area (Å²) < 4.78 is 0. The van der Waals surface area contributed by atoms with E-state index in [-0.39, 0.29) is 5.91 Å². The maximum atomic E-state index is 12.6. The summed E-state index contributed by atoms with van der Waals surface area (Å²) in [7, 11) is 0. The van der Waals surface area contributed by atoms with Crippen molar-refractivity contribution in [3.8, 4) is 0 Å². The molecule has 4 heteroatoms. The van der Waals surface area contributed by atoms with E-state index in [4.69, 9.17) is 11.6 Å². The molecule has 0 spiro atoms.